The van der Waals surface area contributed by atoms with E-state index in [1.165, 1.54) is 0 Å². The Hall–Kier alpha value is -2.05. The molecule has 0 radical (unpaired) electrons. The molecule has 0 spiro atoms. The third kappa shape index (κ3) is 3.76. The van der Waals surface area contributed by atoms with Gasteiger partial charge in [-0.3, -0.25) is 14.5 Å². The molecule has 1 fully saturated rings. The van der Waals surface area contributed by atoms with Gasteiger partial charge in [0.25, 0.3) is 5.91 Å². The number of allylic oxidation sites excluding steroid dienone is 2. The molecule has 3 rings (SSSR count). The Morgan fingerprint density at radius 3 is 2.61 bits per heavy atom. The van der Waals surface area contributed by atoms with Crippen LogP contribution >= 0.6 is 23.2 Å². The van der Waals surface area contributed by atoms with Crippen LogP contribution in [0.25, 0.3) is 0 Å². The first-order valence-corrected chi connectivity index (χ1v) is 10.1. The molecular weight excluding hydrogens is 401 g/mol. The Bertz CT molecular complexity index is 855. The fraction of sp³-hybridized carbons (Fsp3) is 0.450. The molecule has 1 atom stereocenters. The Morgan fingerprint density at radius 1 is 1.25 bits per heavy atom. The first-order chi connectivity index (χ1) is 13.3. The predicted octanol–water partition coefficient (Wildman–Crippen LogP) is 4.07. The number of amides is 4. The van der Waals surface area contributed by atoms with E-state index in [-0.39, 0.29) is 12.5 Å². The summed E-state index contributed by atoms with van der Waals surface area (Å²) in [6.07, 6.45) is 5.99. The van der Waals surface area contributed by atoms with Crippen molar-refractivity contribution in [3.8, 4) is 0 Å². The van der Waals surface area contributed by atoms with Crippen LogP contribution in [-0.4, -0.2) is 40.7 Å². The molecule has 8 heteroatoms. The quantitative estimate of drug-likeness (QED) is 0.725. The number of carbonyl (C=O) groups is 3. The smallest absolute Gasteiger partial charge is 0.319 e. The molecule has 1 aliphatic heterocycles. The van der Waals surface area contributed by atoms with Crippen molar-refractivity contribution in [1.29, 1.82) is 0 Å². The molecule has 1 saturated heterocycles. The number of nitrogens with zero attached hydrogens (tertiary/aromatic N) is 2. The van der Waals surface area contributed by atoms with Crippen LogP contribution in [0, 0.1) is 0 Å². The number of carbonyl (C=O) groups excluding carboxylic acids is 3. The minimum atomic E-state index is -1.30. The SMILES string of the molecule is CCN(C(=O)CN1C(=O)NC(C)(c2ccc(Cl)c(Cl)c2)C1=O)C1=CCCCC1. The number of urea groups is 1. The van der Waals surface area contributed by atoms with Gasteiger partial charge in [0.1, 0.15) is 12.1 Å². The highest BCUT2D eigenvalue weighted by atomic mass is 35.5. The summed E-state index contributed by atoms with van der Waals surface area (Å²) in [5.41, 5.74) is 0.183. The molecule has 150 valence electrons. The van der Waals surface area contributed by atoms with Crippen molar-refractivity contribution in [2.75, 3.05) is 13.1 Å². The lowest BCUT2D eigenvalue weighted by molar-refractivity contribution is -0.138. The molecule has 2 aliphatic rings. The van der Waals surface area contributed by atoms with E-state index in [9.17, 15) is 14.4 Å². The number of rotatable bonds is 5. The van der Waals surface area contributed by atoms with E-state index in [2.05, 4.69) is 11.4 Å². The van der Waals surface area contributed by atoms with Crippen LogP contribution in [0.5, 0.6) is 0 Å². The second-order valence-corrected chi connectivity index (χ2v) is 7.97. The Balaban J connectivity index is 1.80. The van der Waals surface area contributed by atoms with E-state index in [1.807, 2.05) is 6.92 Å². The second-order valence-electron chi connectivity index (χ2n) is 7.15. The normalized spacial score (nSPS) is 22.1. The van der Waals surface area contributed by atoms with Crippen molar-refractivity contribution >= 4 is 41.0 Å². The zero-order valence-corrected chi connectivity index (χ0v) is 17.4. The Morgan fingerprint density at radius 2 is 2.00 bits per heavy atom. The van der Waals surface area contributed by atoms with Gasteiger partial charge in [0.15, 0.2) is 0 Å². The van der Waals surface area contributed by atoms with Crippen LogP contribution in [0.1, 0.15) is 45.1 Å². The molecule has 1 aliphatic carbocycles. The number of halogens is 2. The summed E-state index contributed by atoms with van der Waals surface area (Å²) in [5.74, 6) is -0.754. The van der Waals surface area contributed by atoms with Crippen molar-refractivity contribution in [2.45, 2.75) is 45.1 Å². The fourth-order valence-electron chi connectivity index (χ4n) is 3.67. The lowest BCUT2D eigenvalue weighted by Gasteiger charge is -2.28. The predicted molar refractivity (Wildman–Crippen MR) is 108 cm³/mol. The van der Waals surface area contributed by atoms with Gasteiger partial charge in [0.05, 0.1) is 10.0 Å². The minimum absolute atomic E-state index is 0.266. The van der Waals surface area contributed by atoms with Crippen LogP contribution in [-0.2, 0) is 15.1 Å². The van der Waals surface area contributed by atoms with Gasteiger partial charge in [-0.25, -0.2) is 4.79 Å². The Kier molecular flexibility index (Phi) is 6.01. The molecule has 0 bridgehead atoms. The van der Waals surface area contributed by atoms with E-state index in [0.29, 0.717) is 22.2 Å². The van der Waals surface area contributed by atoms with E-state index in [4.69, 9.17) is 23.2 Å². The van der Waals surface area contributed by atoms with Crippen molar-refractivity contribution in [3.63, 3.8) is 0 Å². The Labute approximate surface area is 174 Å². The molecule has 28 heavy (non-hydrogen) atoms. The standard InChI is InChI=1S/C20H23Cl2N3O3/c1-3-24(14-7-5-4-6-8-14)17(26)12-25-18(27)20(2,23-19(25)28)13-9-10-15(21)16(22)11-13/h7,9-11H,3-6,8,12H2,1-2H3,(H,23,28). The minimum Gasteiger partial charge on any atom is -0.319 e. The van der Waals surface area contributed by atoms with Gasteiger partial charge < -0.3 is 10.2 Å². The maximum atomic E-state index is 13.0. The monoisotopic (exact) mass is 423 g/mol. The number of hydrogen-bond acceptors (Lipinski definition) is 3. The number of benzene rings is 1. The lowest BCUT2D eigenvalue weighted by Crippen LogP contribution is -2.44. The van der Waals surface area contributed by atoms with Crippen molar-refractivity contribution in [2.24, 2.45) is 0 Å². The molecule has 1 aromatic rings. The molecule has 6 nitrogen and oxygen atoms in total. The van der Waals surface area contributed by atoms with Crippen LogP contribution < -0.4 is 5.32 Å². The summed E-state index contributed by atoms with van der Waals surface area (Å²) in [5, 5.41) is 3.33. The summed E-state index contributed by atoms with van der Waals surface area (Å²) in [7, 11) is 0. The highest BCUT2D eigenvalue weighted by Crippen LogP contribution is 2.33. The number of likely N-dealkylation sites (N-methyl/N-ethyl adjacent to an activating group) is 1. The topological polar surface area (TPSA) is 69.7 Å². The van der Waals surface area contributed by atoms with Crippen molar-refractivity contribution in [1.82, 2.24) is 15.1 Å². The van der Waals surface area contributed by atoms with Gasteiger partial charge in [0, 0.05) is 12.2 Å². The summed E-state index contributed by atoms with van der Waals surface area (Å²) < 4.78 is 0. The highest BCUT2D eigenvalue weighted by Gasteiger charge is 2.50. The number of nitrogens with one attached hydrogen (secondary N) is 1. The summed E-state index contributed by atoms with van der Waals surface area (Å²) in [6, 6.07) is 4.17. The molecule has 4 amide bonds. The van der Waals surface area contributed by atoms with Crippen molar-refractivity contribution in [3.05, 3.63) is 45.6 Å². The van der Waals surface area contributed by atoms with Gasteiger partial charge in [-0.2, -0.15) is 0 Å². The van der Waals surface area contributed by atoms with E-state index in [0.717, 1.165) is 36.3 Å². The van der Waals surface area contributed by atoms with E-state index >= 15 is 0 Å². The van der Waals surface area contributed by atoms with E-state index < -0.39 is 17.5 Å². The molecule has 1 heterocycles. The van der Waals surface area contributed by atoms with Gasteiger partial charge in [-0.05, 0) is 57.2 Å². The average Bonchev–Trinajstić information content (AvgIpc) is 2.89. The van der Waals surface area contributed by atoms with Crippen LogP contribution in [0.2, 0.25) is 10.0 Å². The molecule has 0 aromatic heterocycles. The van der Waals surface area contributed by atoms with Crippen LogP contribution in [0.3, 0.4) is 0 Å². The van der Waals surface area contributed by atoms with Crippen molar-refractivity contribution < 1.29 is 14.4 Å². The van der Waals surface area contributed by atoms with Gasteiger partial charge in [-0.15, -0.1) is 0 Å². The fourth-order valence-corrected chi connectivity index (χ4v) is 3.97. The lowest BCUT2D eigenvalue weighted by atomic mass is 9.92. The summed E-state index contributed by atoms with van der Waals surface area (Å²) in [6.45, 7) is 3.68. The molecule has 1 aromatic carbocycles. The zero-order valence-electron chi connectivity index (χ0n) is 15.9. The third-order valence-corrected chi connectivity index (χ3v) is 6.04. The molecule has 1 N–H and O–H groups in total. The molecule has 1 unspecified atom stereocenters. The number of imide groups is 1. The second kappa shape index (κ2) is 8.13. The number of hydrogen-bond donors (Lipinski definition) is 1. The average molecular weight is 424 g/mol. The third-order valence-electron chi connectivity index (χ3n) is 5.30. The van der Waals surface area contributed by atoms with Gasteiger partial charge in [-0.1, -0.05) is 35.3 Å². The van der Waals surface area contributed by atoms with Gasteiger partial charge >= 0.3 is 6.03 Å². The van der Waals surface area contributed by atoms with Crippen LogP contribution in [0.15, 0.2) is 30.0 Å². The summed E-state index contributed by atoms with van der Waals surface area (Å²) >= 11 is 12.0. The zero-order chi connectivity index (χ0) is 20.5. The maximum absolute atomic E-state index is 13.0. The van der Waals surface area contributed by atoms with Gasteiger partial charge in [0.2, 0.25) is 5.91 Å². The first kappa shape index (κ1) is 20.7. The first-order valence-electron chi connectivity index (χ1n) is 9.37. The highest BCUT2D eigenvalue weighted by molar-refractivity contribution is 6.42. The molecular formula is C20H23Cl2N3O3. The molecule has 0 saturated carbocycles. The van der Waals surface area contributed by atoms with Crippen LogP contribution in [0.4, 0.5) is 4.79 Å². The maximum Gasteiger partial charge on any atom is 0.325 e. The summed E-state index contributed by atoms with van der Waals surface area (Å²) in [4.78, 5) is 41.0. The largest absolute Gasteiger partial charge is 0.325 e. The van der Waals surface area contributed by atoms with E-state index in [1.54, 1.807) is 30.0 Å².